The average molecular weight is 302 g/mol. The number of aromatic nitrogens is 1. The molecule has 0 spiro atoms. The van der Waals surface area contributed by atoms with Gasteiger partial charge in [0.25, 0.3) is 5.91 Å². The number of pyridine rings is 1. The molecule has 2 rings (SSSR count). The third-order valence-electron chi connectivity index (χ3n) is 2.33. The van der Waals surface area contributed by atoms with Gasteiger partial charge in [-0.25, -0.2) is 4.98 Å². The molecule has 2 heterocycles. The van der Waals surface area contributed by atoms with E-state index >= 15 is 0 Å². The topological polar surface area (TPSA) is 111 Å². The number of rotatable bonds is 3. The van der Waals surface area contributed by atoms with Crippen LogP contribution in [0.5, 0.6) is 0 Å². The van der Waals surface area contributed by atoms with Crippen LogP contribution in [0.25, 0.3) is 0 Å². The molecule has 0 aliphatic carbocycles. The van der Waals surface area contributed by atoms with Crippen LogP contribution >= 0.6 is 11.3 Å². The minimum atomic E-state index is -0.539. The van der Waals surface area contributed by atoms with Crippen LogP contribution in [0.4, 0.5) is 10.8 Å². The minimum absolute atomic E-state index is 0.0873. The van der Waals surface area contributed by atoms with E-state index in [0.717, 1.165) is 11.3 Å². The number of amides is 1. The summed E-state index contributed by atoms with van der Waals surface area (Å²) in [5.41, 5.74) is 5.95. The van der Waals surface area contributed by atoms with Crippen LogP contribution in [0.1, 0.15) is 15.2 Å². The average Bonchev–Trinajstić information content (AvgIpc) is 2.95. The molecule has 0 aliphatic rings. The number of nitrogens with one attached hydrogen (secondary N) is 1. The molecule has 21 heavy (non-hydrogen) atoms. The van der Waals surface area contributed by atoms with Crippen LogP contribution in [0, 0.1) is 22.0 Å². The van der Waals surface area contributed by atoms with E-state index in [1.807, 2.05) is 0 Å². The Hall–Kier alpha value is -2.76. The smallest absolute Gasteiger partial charge is 0.320 e. The lowest BCUT2D eigenvalue weighted by Gasteiger charge is -2.02. The highest BCUT2D eigenvalue weighted by atomic mass is 32.1. The largest absolute Gasteiger partial charge is 0.324 e. The van der Waals surface area contributed by atoms with Crippen molar-refractivity contribution < 1.29 is 9.72 Å². The Morgan fingerprint density at radius 3 is 2.95 bits per heavy atom. The zero-order valence-electron chi connectivity index (χ0n) is 10.7. The van der Waals surface area contributed by atoms with Crippen LogP contribution in [0.15, 0.2) is 30.5 Å². The normalized spacial score (nSPS) is 9.57. The van der Waals surface area contributed by atoms with Crippen LogP contribution < -0.4 is 11.1 Å². The van der Waals surface area contributed by atoms with Crippen molar-refractivity contribution in [1.29, 1.82) is 0 Å². The molecule has 0 atom stereocenters. The first-order valence-corrected chi connectivity index (χ1v) is 6.62. The lowest BCUT2D eigenvalue weighted by molar-refractivity contribution is -0.380. The molecule has 0 unspecified atom stereocenters. The van der Waals surface area contributed by atoms with Crippen LogP contribution in [-0.4, -0.2) is 22.4 Å². The molecule has 2 aromatic heterocycles. The Balaban J connectivity index is 2.13. The van der Waals surface area contributed by atoms with E-state index in [4.69, 9.17) is 5.73 Å². The van der Waals surface area contributed by atoms with Gasteiger partial charge < -0.3 is 11.1 Å². The van der Waals surface area contributed by atoms with Crippen LogP contribution in [0.2, 0.25) is 0 Å². The van der Waals surface area contributed by atoms with Crippen LogP contribution in [-0.2, 0) is 0 Å². The lowest BCUT2D eigenvalue weighted by atomic mass is 10.2. The number of carbonyl (C=O) groups is 1. The van der Waals surface area contributed by atoms with Gasteiger partial charge >= 0.3 is 5.00 Å². The highest BCUT2D eigenvalue weighted by molar-refractivity contribution is 7.17. The Bertz CT molecular complexity index is 745. The second kappa shape index (κ2) is 6.60. The molecule has 0 aromatic carbocycles. The van der Waals surface area contributed by atoms with Crippen molar-refractivity contribution in [1.82, 2.24) is 4.98 Å². The van der Waals surface area contributed by atoms with Crippen molar-refractivity contribution in [3.63, 3.8) is 0 Å². The summed E-state index contributed by atoms with van der Waals surface area (Å²) in [6, 6.07) is 5.98. The van der Waals surface area contributed by atoms with E-state index in [9.17, 15) is 14.9 Å². The highest BCUT2D eigenvalue weighted by Crippen LogP contribution is 2.24. The summed E-state index contributed by atoms with van der Waals surface area (Å²) in [5.74, 6) is 5.39. The molecule has 1 amide bonds. The van der Waals surface area contributed by atoms with Gasteiger partial charge in [-0.2, -0.15) is 0 Å². The summed E-state index contributed by atoms with van der Waals surface area (Å²) >= 11 is 0.803. The molecule has 0 saturated carbocycles. The quantitative estimate of drug-likeness (QED) is 0.508. The van der Waals surface area contributed by atoms with E-state index in [0.29, 0.717) is 11.4 Å². The fraction of sp³-hybridized carbons (Fsp3) is 0.0769. The first-order chi connectivity index (χ1) is 10.1. The van der Waals surface area contributed by atoms with Crippen molar-refractivity contribution >= 4 is 28.1 Å². The Kier molecular flexibility index (Phi) is 4.61. The van der Waals surface area contributed by atoms with Gasteiger partial charge in [0, 0.05) is 17.8 Å². The monoisotopic (exact) mass is 302 g/mol. The molecule has 8 heteroatoms. The standard InChI is InChI=1S/C13H10N4O3S/c14-6-1-2-9-5-7-15-11(8-9)16-13(18)10-3-4-12(21-10)17(19)20/h3-5,7-8H,6,14H2,(H,15,16,18). The number of hydrogen-bond acceptors (Lipinski definition) is 6. The van der Waals surface area contributed by atoms with E-state index in [1.165, 1.54) is 18.3 Å². The maximum absolute atomic E-state index is 12.0. The van der Waals surface area contributed by atoms with Crippen LogP contribution in [0.3, 0.4) is 0 Å². The summed E-state index contributed by atoms with van der Waals surface area (Å²) < 4.78 is 0. The SMILES string of the molecule is NCC#Cc1ccnc(NC(=O)c2ccc([N+](=O)[O-])s2)c1. The second-order valence-corrected chi connectivity index (χ2v) is 4.85. The Labute approximate surface area is 124 Å². The third kappa shape index (κ3) is 3.85. The van der Waals surface area contributed by atoms with Gasteiger partial charge in [0.15, 0.2) is 0 Å². The maximum atomic E-state index is 12.0. The fourth-order valence-corrected chi connectivity index (χ4v) is 2.17. The van der Waals surface area contributed by atoms with Gasteiger partial charge in [-0.3, -0.25) is 14.9 Å². The number of carbonyl (C=O) groups excluding carboxylic acids is 1. The van der Waals surface area contributed by atoms with Crippen molar-refractivity contribution in [2.45, 2.75) is 0 Å². The first-order valence-electron chi connectivity index (χ1n) is 5.80. The van der Waals surface area contributed by atoms with Gasteiger partial charge in [-0.05, 0) is 18.2 Å². The molecule has 7 nitrogen and oxygen atoms in total. The summed E-state index contributed by atoms with van der Waals surface area (Å²) in [6.07, 6.45) is 1.51. The van der Waals surface area contributed by atoms with E-state index < -0.39 is 10.8 Å². The van der Waals surface area contributed by atoms with E-state index in [2.05, 4.69) is 22.1 Å². The molecule has 0 bridgehead atoms. The minimum Gasteiger partial charge on any atom is -0.320 e. The predicted molar refractivity (Wildman–Crippen MR) is 79.1 cm³/mol. The van der Waals surface area contributed by atoms with Gasteiger partial charge in [-0.15, -0.1) is 0 Å². The molecule has 0 fully saturated rings. The Morgan fingerprint density at radius 2 is 2.29 bits per heavy atom. The molecule has 3 N–H and O–H groups in total. The molecule has 0 saturated heterocycles. The summed E-state index contributed by atoms with van der Waals surface area (Å²) in [6.45, 7) is 0.239. The van der Waals surface area contributed by atoms with Gasteiger partial charge in [0.05, 0.1) is 16.3 Å². The molecule has 0 radical (unpaired) electrons. The van der Waals surface area contributed by atoms with Gasteiger partial charge in [0.2, 0.25) is 0 Å². The van der Waals surface area contributed by atoms with Crippen molar-refractivity contribution in [3.05, 3.63) is 51.0 Å². The zero-order chi connectivity index (χ0) is 15.2. The summed E-state index contributed by atoms with van der Waals surface area (Å²) in [4.78, 5) is 26.2. The van der Waals surface area contributed by atoms with Crippen molar-refractivity contribution in [2.24, 2.45) is 5.73 Å². The maximum Gasteiger partial charge on any atom is 0.324 e. The molecular formula is C13H10N4O3S. The van der Waals surface area contributed by atoms with E-state index in [-0.39, 0.29) is 16.4 Å². The number of thiophene rings is 1. The zero-order valence-corrected chi connectivity index (χ0v) is 11.5. The van der Waals surface area contributed by atoms with Crippen molar-refractivity contribution in [2.75, 3.05) is 11.9 Å². The number of nitrogens with two attached hydrogens (primary N) is 1. The number of nitrogens with zero attached hydrogens (tertiary/aromatic N) is 2. The first kappa shape index (κ1) is 14.6. The fourth-order valence-electron chi connectivity index (χ4n) is 1.46. The van der Waals surface area contributed by atoms with E-state index in [1.54, 1.807) is 12.1 Å². The molecular weight excluding hydrogens is 292 g/mol. The van der Waals surface area contributed by atoms with Gasteiger partial charge in [0.1, 0.15) is 5.82 Å². The Morgan fingerprint density at radius 1 is 1.48 bits per heavy atom. The predicted octanol–water partition coefficient (Wildman–Crippen LogP) is 1.61. The number of hydrogen-bond donors (Lipinski definition) is 2. The summed E-state index contributed by atoms with van der Waals surface area (Å²) in [5, 5.41) is 13.1. The molecule has 106 valence electrons. The highest BCUT2D eigenvalue weighted by Gasteiger charge is 2.15. The second-order valence-electron chi connectivity index (χ2n) is 3.78. The number of anilines is 1. The van der Waals surface area contributed by atoms with Gasteiger partial charge in [-0.1, -0.05) is 23.2 Å². The third-order valence-corrected chi connectivity index (χ3v) is 3.37. The molecule has 0 aliphatic heterocycles. The summed E-state index contributed by atoms with van der Waals surface area (Å²) in [7, 11) is 0. The number of nitro groups is 1. The molecule has 2 aromatic rings. The lowest BCUT2D eigenvalue weighted by Crippen LogP contribution is -2.11. The van der Waals surface area contributed by atoms with Crippen molar-refractivity contribution in [3.8, 4) is 11.8 Å².